The van der Waals surface area contributed by atoms with Gasteiger partial charge in [0.1, 0.15) is 0 Å². The topological polar surface area (TPSA) is 53.0 Å². The first-order chi connectivity index (χ1) is 7.54. The summed E-state index contributed by atoms with van der Waals surface area (Å²) >= 11 is 0. The number of nitrogens with zero attached hydrogens (tertiary/aromatic N) is 2. The lowest BCUT2D eigenvalue weighted by Crippen LogP contribution is -2.24. The molecule has 3 nitrogen and oxygen atoms in total. The molecule has 4 heteroatoms. The Bertz CT molecular complexity index is 398. The molecule has 1 unspecified atom stereocenters. The molecular formula is C12H16FN3. The Morgan fingerprint density at radius 2 is 2.25 bits per heavy atom. The number of rotatable bonds is 4. The second kappa shape index (κ2) is 5.47. The molecule has 0 aromatic heterocycles. The smallest absolute Gasteiger partial charge is 0.150 e. The molecule has 2 N–H and O–H groups in total. The molecule has 1 aromatic carbocycles. The van der Waals surface area contributed by atoms with E-state index in [2.05, 4.69) is 6.07 Å². The Balaban J connectivity index is 2.67. The van der Waals surface area contributed by atoms with Crippen LogP contribution in [0.1, 0.15) is 12.5 Å². The minimum absolute atomic E-state index is 0.0610. The maximum Gasteiger partial charge on any atom is 0.150 e. The monoisotopic (exact) mass is 221 g/mol. The molecular weight excluding hydrogens is 205 g/mol. The van der Waals surface area contributed by atoms with Gasteiger partial charge in [0.2, 0.25) is 0 Å². The predicted octanol–water partition coefficient (Wildman–Crippen LogP) is 2.00. The van der Waals surface area contributed by atoms with Crippen molar-refractivity contribution in [2.24, 2.45) is 5.92 Å². The fraction of sp³-hybridized carbons (Fsp3) is 0.417. The first-order valence-electron chi connectivity index (χ1n) is 5.15. The van der Waals surface area contributed by atoms with E-state index in [-0.39, 0.29) is 17.4 Å². The van der Waals surface area contributed by atoms with Gasteiger partial charge in [-0.1, -0.05) is 12.1 Å². The van der Waals surface area contributed by atoms with Gasteiger partial charge in [-0.3, -0.25) is 0 Å². The lowest BCUT2D eigenvalue weighted by molar-refractivity contribution is 0.299. The highest BCUT2D eigenvalue weighted by atomic mass is 19.1. The zero-order valence-corrected chi connectivity index (χ0v) is 9.57. The van der Waals surface area contributed by atoms with Gasteiger partial charge in [0, 0.05) is 18.7 Å². The molecule has 86 valence electrons. The number of nitriles is 1. The van der Waals surface area contributed by atoms with E-state index in [1.165, 1.54) is 6.07 Å². The Kier molecular flexibility index (Phi) is 4.27. The summed E-state index contributed by atoms with van der Waals surface area (Å²) in [5.41, 5.74) is 6.21. The first kappa shape index (κ1) is 12.5. The fourth-order valence-corrected chi connectivity index (χ4v) is 1.59. The van der Waals surface area contributed by atoms with Gasteiger partial charge >= 0.3 is 0 Å². The van der Waals surface area contributed by atoms with Crippen LogP contribution in [0, 0.1) is 23.1 Å². The van der Waals surface area contributed by atoms with Crippen LogP contribution in [0.15, 0.2) is 18.2 Å². The van der Waals surface area contributed by atoms with Gasteiger partial charge in [-0.25, -0.2) is 4.39 Å². The van der Waals surface area contributed by atoms with Crippen LogP contribution in [0.2, 0.25) is 0 Å². The van der Waals surface area contributed by atoms with Crippen molar-refractivity contribution in [3.63, 3.8) is 0 Å². The number of anilines is 1. The van der Waals surface area contributed by atoms with Crippen LogP contribution in [-0.4, -0.2) is 18.5 Å². The maximum atomic E-state index is 13.6. The highest BCUT2D eigenvalue weighted by molar-refractivity contribution is 5.42. The molecule has 1 aromatic rings. The molecule has 0 amide bonds. The SMILES string of the molecule is CC(C#N)CN(C)Cc1cccc(N)c1F. The molecule has 0 saturated heterocycles. The van der Waals surface area contributed by atoms with Crippen molar-refractivity contribution in [1.29, 1.82) is 5.26 Å². The molecule has 0 aliphatic carbocycles. The second-order valence-corrected chi connectivity index (χ2v) is 4.05. The third-order valence-electron chi connectivity index (χ3n) is 2.35. The van der Waals surface area contributed by atoms with Crippen molar-refractivity contribution in [2.75, 3.05) is 19.3 Å². The molecule has 16 heavy (non-hydrogen) atoms. The molecule has 0 spiro atoms. The van der Waals surface area contributed by atoms with E-state index in [0.29, 0.717) is 18.7 Å². The van der Waals surface area contributed by atoms with Crippen molar-refractivity contribution in [1.82, 2.24) is 4.90 Å². The Hall–Kier alpha value is -1.60. The summed E-state index contributed by atoms with van der Waals surface area (Å²) in [5.74, 6) is -0.423. The molecule has 0 bridgehead atoms. The number of hydrogen-bond donors (Lipinski definition) is 1. The van der Waals surface area contributed by atoms with E-state index in [4.69, 9.17) is 11.0 Å². The summed E-state index contributed by atoms with van der Waals surface area (Å²) in [6, 6.07) is 7.12. The van der Waals surface area contributed by atoms with E-state index in [9.17, 15) is 4.39 Å². The van der Waals surface area contributed by atoms with Crippen LogP contribution in [0.3, 0.4) is 0 Å². The maximum absolute atomic E-state index is 13.6. The predicted molar refractivity (Wildman–Crippen MR) is 61.9 cm³/mol. The summed E-state index contributed by atoms with van der Waals surface area (Å²) in [6.07, 6.45) is 0. The van der Waals surface area contributed by atoms with Crippen LogP contribution in [0.5, 0.6) is 0 Å². The number of benzene rings is 1. The standard InChI is InChI=1S/C12H16FN3/c1-9(6-14)7-16(2)8-10-4-3-5-11(15)12(10)13/h3-5,9H,7-8,15H2,1-2H3. The molecule has 1 rings (SSSR count). The minimum atomic E-state index is -0.362. The van der Waals surface area contributed by atoms with Crippen molar-refractivity contribution in [2.45, 2.75) is 13.5 Å². The number of nitrogens with two attached hydrogens (primary N) is 1. The van der Waals surface area contributed by atoms with Gasteiger partial charge < -0.3 is 10.6 Å². The summed E-state index contributed by atoms with van der Waals surface area (Å²) in [5, 5.41) is 8.68. The zero-order chi connectivity index (χ0) is 12.1. The second-order valence-electron chi connectivity index (χ2n) is 4.05. The molecule has 0 radical (unpaired) electrons. The number of nitrogen functional groups attached to an aromatic ring is 1. The van der Waals surface area contributed by atoms with Crippen LogP contribution in [-0.2, 0) is 6.54 Å². The Labute approximate surface area is 95.3 Å². The normalized spacial score (nSPS) is 12.4. The number of halogens is 1. The Morgan fingerprint density at radius 3 is 2.88 bits per heavy atom. The summed E-state index contributed by atoms with van der Waals surface area (Å²) < 4.78 is 13.6. The van der Waals surface area contributed by atoms with Crippen molar-refractivity contribution >= 4 is 5.69 Å². The minimum Gasteiger partial charge on any atom is -0.396 e. The molecule has 0 aliphatic rings. The van der Waals surface area contributed by atoms with Gasteiger partial charge in [-0.05, 0) is 20.0 Å². The average Bonchev–Trinajstić information content (AvgIpc) is 2.24. The van der Waals surface area contributed by atoms with Crippen LogP contribution >= 0.6 is 0 Å². The van der Waals surface area contributed by atoms with Crippen molar-refractivity contribution in [3.8, 4) is 6.07 Å². The highest BCUT2D eigenvalue weighted by Gasteiger charge is 2.10. The van der Waals surface area contributed by atoms with Gasteiger partial charge in [0.15, 0.2) is 5.82 Å². The molecule has 0 aliphatic heterocycles. The third-order valence-corrected chi connectivity index (χ3v) is 2.35. The average molecular weight is 221 g/mol. The molecule has 0 heterocycles. The van der Waals surface area contributed by atoms with Crippen LogP contribution in [0.4, 0.5) is 10.1 Å². The lowest BCUT2D eigenvalue weighted by Gasteiger charge is -2.18. The van der Waals surface area contributed by atoms with E-state index in [1.54, 1.807) is 12.1 Å². The molecule has 1 atom stereocenters. The van der Waals surface area contributed by atoms with Gasteiger partial charge in [-0.15, -0.1) is 0 Å². The molecule has 0 saturated carbocycles. The number of hydrogen-bond acceptors (Lipinski definition) is 3. The lowest BCUT2D eigenvalue weighted by atomic mass is 10.1. The first-order valence-corrected chi connectivity index (χ1v) is 5.15. The largest absolute Gasteiger partial charge is 0.396 e. The van der Waals surface area contributed by atoms with E-state index in [1.807, 2.05) is 18.9 Å². The van der Waals surface area contributed by atoms with Gasteiger partial charge in [0.05, 0.1) is 17.7 Å². The Morgan fingerprint density at radius 1 is 1.56 bits per heavy atom. The summed E-state index contributed by atoms with van der Waals surface area (Å²) in [7, 11) is 1.86. The van der Waals surface area contributed by atoms with Gasteiger partial charge in [-0.2, -0.15) is 5.26 Å². The highest BCUT2D eigenvalue weighted by Crippen LogP contribution is 2.16. The fourth-order valence-electron chi connectivity index (χ4n) is 1.59. The summed E-state index contributed by atoms with van der Waals surface area (Å²) in [6.45, 7) is 2.92. The van der Waals surface area contributed by atoms with Crippen molar-refractivity contribution < 1.29 is 4.39 Å². The van der Waals surface area contributed by atoms with E-state index < -0.39 is 0 Å². The van der Waals surface area contributed by atoms with Crippen LogP contribution in [0.25, 0.3) is 0 Å². The van der Waals surface area contributed by atoms with E-state index >= 15 is 0 Å². The van der Waals surface area contributed by atoms with Gasteiger partial charge in [0.25, 0.3) is 0 Å². The summed E-state index contributed by atoms with van der Waals surface area (Å²) in [4.78, 5) is 1.91. The van der Waals surface area contributed by atoms with E-state index in [0.717, 1.165) is 0 Å². The van der Waals surface area contributed by atoms with Crippen molar-refractivity contribution in [3.05, 3.63) is 29.6 Å². The zero-order valence-electron chi connectivity index (χ0n) is 9.57. The molecule has 0 fully saturated rings. The quantitative estimate of drug-likeness (QED) is 0.791. The third kappa shape index (κ3) is 3.21. The van der Waals surface area contributed by atoms with Crippen LogP contribution < -0.4 is 5.73 Å².